The zero-order valence-corrected chi connectivity index (χ0v) is 15.7. The molecule has 138 valence electrons. The molecule has 1 aliphatic heterocycles. The molecule has 1 N–H and O–H groups in total. The molecule has 5 nitrogen and oxygen atoms in total. The molecule has 1 aromatic carbocycles. The summed E-state index contributed by atoms with van der Waals surface area (Å²) in [5, 5.41) is 0. The van der Waals surface area contributed by atoms with Crippen LogP contribution in [0.3, 0.4) is 0 Å². The second kappa shape index (κ2) is 7.10. The van der Waals surface area contributed by atoms with E-state index >= 15 is 0 Å². The summed E-state index contributed by atoms with van der Waals surface area (Å²) >= 11 is 0. The molecule has 2 heterocycles. The normalized spacial score (nSPS) is 22.8. The van der Waals surface area contributed by atoms with Crippen molar-refractivity contribution in [3.05, 3.63) is 60.4 Å². The highest BCUT2D eigenvalue weighted by Crippen LogP contribution is 2.49. The maximum Gasteiger partial charge on any atom is 0.240 e. The summed E-state index contributed by atoms with van der Waals surface area (Å²) in [6.45, 7) is 2.95. The Labute approximate surface area is 155 Å². The van der Waals surface area contributed by atoms with Crippen LogP contribution in [-0.4, -0.2) is 37.4 Å². The van der Waals surface area contributed by atoms with Crippen molar-refractivity contribution in [3.8, 4) is 0 Å². The van der Waals surface area contributed by atoms with Crippen LogP contribution >= 0.6 is 0 Å². The third kappa shape index (κ3) is 3.54. The van der Waals surface area contributed by atoms with Gasteiger partial charge in [0.2, 0.25) is 10.0 Å². The number of piperidine rings is 1. The van der Waals surface area contributed by atoms with E-state index in [0.717, 1.165) is 45.3 Å². The van der Waals surface area contributed by atoms with E-state index < -0.39 is 10.0 Å². The first kappa shape index (κ1) is 17.6. The molecule has 2 fully saturated rings. The summed E-state index contributed by atoms with van der Waals surface area (Å²) in [5.41, 5.74) is 1.37. The Balaban J connectivity index is 1.37. The van der Waals surface area contributed by atoms with Gasteiger partial charge in [-0.25, -0.2) is 13.1 Å². The Morgan fingerprint density at radius 2 is 1.85 bits per heavy atom. The number of hydrogen-bond acceptors (Lipinski definition) is 4. The lowest BCUT2D eigenvalue weighted by Crippen LogP contribution is -2.58. The lowest BCUT2D eigenvalue weighted by atomic mass is 9.59. The molecular weight excluding hydrogens is 346 g/mol. The quantitative estimate of drug-likeness (QED) is 0.878. The number of sulfonamides is 1. The maximum absolute atomic E-state index is 12.6. The van der Waals surface area contributed by atoms with Gasteiger partial charge >= 0.3 is 0 Å². The standard InChI is InChI=1S/C20H25N3O2S/c24-26(25,18-6-2-1-3-7-18)22-19-8-9-20(19)10-13-23(14-11-20)16-17-5-4-12-21-15-17/h1-7,12,15,19,22H,8-11,13-14,16H2. The van der Waals surface area contributed by atoms with Crippen molar-refractivity contribution < 1.29 is 8.42 Å². The third-order valence-electron chi connectivity index (χ3n) is 6.00. The van der Waals surface area contributed by atoms with Gasteiger partial charge in [-0.2, -0.15) is 0 Å². The second-order valence-corrected chi connectivity index (χ2v) is 9.24. The number of hydrogen-bond donors (Lipinski definition) is 1. The van der Waals surface area contributed by atoms with E-state index in [-0.39, 0.29) is 11.5 Å². The summed E-state index contributed by atoms with van der Waals surface area (Å²) in [4.78, 5) is 6.99. The van der Waals surface area contributed by atoms with Crippen LogP contribution in [0.2, 0.25) is 0 Å². The molecule has 1 saturated carbocycles. The summed E-state index contributed by atoms with van der Waals surface area (Å²) < 4.78 is 28.3. The van der Waals surface area contributed by atoms with Crippen LogP contribution in [0.25, 0.3) is 0 Å². The molecule has 6 heteroatoms. The van der Waals surface area contributed by atoms with Crippen LogP contribution in [0.5, 0.6) is 0 Å². The second-order valence-electron chi connectivity index (χ2n) is 7.53. The Morgan fingerprint density at radius 3 is 2.46 bits per heavy atom. The summed E-state index contributed by atoms with van der Waals surface area (Å²) in [6, 6.07) is 12.8. The average molecular weight is 372 g/mol. The molecule has 26 heavy (non-hydrogen) atoms. The maximum atomic E-state index is 12.6. The first-order valence-electron chi connectivity index (χ1n) is 9.26. The molecule has 2 aromatic rings. The van der Waals surface area contributed by atoms with Gasteiger partial charge in [0, 0.05) is 25.0 Å². The fraction of sp³-hybridized carbons (Fsp3) is 0.450. The van der Waals surface area contributed by atoms with Crippen molar-refractivity contribution in [2.24, 2.45) is 5.41 Å². The summed E-state index contributed by atoms with van der Waals surface area (Å²) in [7, 11) is -3.43. The lowest BCUT2D eigenvalue weighted by Gasteiger charge is -2.54. The minimum atomic E-state index is -3.43. The Hall–Kier alpha value is -1.76. The van der Waals surface area contributed by atoms with E-state index in [9.17, 15) is 8.42 Å². The molecule has 0 bridgehead atoms. The molecule has 4 rings (SSSR count). The molecule has 0 radical (unpaired) electrons. The fourth-order valence-electron chi connectivity index (χ4n) is 4.24. The van der Waals surface area contributed by atoms with Gasteiger partial charge in [-0.1, -0.05) is 24.3 Å². The Morgan fingerprint density at radius 1 is 1.08 bits per heavy atom. The monoisotopic (exact) mass is 371 g/mol. The molecule has 1 saturated heterocycles. The van der Waals surface area contributed by atoms with Gasteiger partial charge < -0.3 is 0 Å². The van der Waals surface area contributed by atoms with E-state index in [1.807, 2.05) is 18.3 Å². The van der Waals surface area contributed by atoms with Crippen LogP contribution < -0.4 is 4.72 Å². The van der Waals surface area contributed by atoms with Crippen LogP contribution in [0.4, 0.5) is 0 Å². The van der Waals surface area contributed by atoms with E-state index in [1.54, 1.807) is 30.5 Å². The number of nitrogens with one attached hydrogen (secondary N) is 1. The molecule has 1 unspecified atom stereocenters. The largest absolute Gasteiger partial charge is 0.299 e. The van der Waals surface area contributed by atoms with Crippen molar-refractivity contribution >= 4 is 10.0 Å². The van der Waals surface area contributed by atoms with Crippen molar-refractivity contribution in [2.45, 2.75) is 43.2 Å². The van der Waals surface area contributed by atoms with Gasteiger partial charge in [0.05, 0.1) is 4.90 Å². The molecule has 1 atom stereocenters. The Kier molecular flexibility index (Phi) is 4.82. The third-order valence-corrected chi connectivity index (χ3v) is 7.49. The number of aromatic nitrogens is 1. The molecule has 0 amide bonds. The minimum Gasteiger partial charge on any atom is -0.299 e. The van der Waals surface area contributed by atoms with Crippen molar-refractivity contribution in [3.63, 3.8) is 0 Å². The fourth-order valence-corrected chi connectivity index (χ4v) is 5.63. The predicted molar refractivity (Wildman–Crippen MR) is 101 cm³/mol. The topological polar surface area (TPSA) is 62.3 Å². The predicted octanol–water partition coefficient (Wildman–Crippen LogP) is 2.80. The Bertz CT molecular complexity index is 832. The average Bonchev–Trinajstić information content (AvgIpc) is 2.68. The van der Waals surface area contributed by atoms with Gasteiger partial charge in [0.1, 0.15) is 0 Å². The van der Waals surface area contributed by atoms with Crippen LogP contribution in [0.1, 0.15) is 31.2 Å². The smallest absolute Gasteiger partial charge is 0.240 e. The molecule has 1 spiro atoms. The number of pyridine rings is 1. The lowest BCUT2D eigenvalue weighted by molar-refractivity contribution is 0.000680. The van der Waals surface area contributed by atoms with Gasteiger partial charge in [0.15, 0.2) is 0 Å². The number of likely N-dealkylation sites (tertiary alicyclic amines) is 1. The zero-order valence-electron chi connectivity index (χ0n) is 14.8. The summed E-state index contributed by atoms with van der Waals surface area (Å²) in [6.07, 6.45) is 7.88. The van der Waals surface area contributed by atoms with Gasteiger partial charge in [0.25, 0.3) is 0 Å². The van der Waals surface area contributed by atoms with Crippen LogP contribution in [0, 0.1) is 5.41 Å². The van der Waals surface area contributed by atoms with Crippen LogP contribution in [0.15, 0.2) is 59.8 Å². The number of benzene rings is 1. The van der Waals surface area contributed by atoms with Crippen molar-refractivity contribution in [2.75, 3.05) is 13.1 Å². The minimum absolute atomic E-state index is 0.0632. The van der Waals surface area contributed by atoms with Crippen molar-refractivity contribution in [1.82, 2.24) is 14.6 Å². The highest BCUT2D eigenvalue weighted by molar-refractivity contribution is 7.89. The zero-order chi connectivity index (χ0) is 18.0. The van der Waals surface area contributed by atoms with E-state index in [4.69, 9.17) is 0 Å². The first-order valence-corrected chi connectivity index (χ1v) is 10.7. The first-order chi connectivity index (χ1) is 12.6. The molecule has 2 aliphatic rings. The summed E-state index contributed by atoms with van der Waals surface area (Å²) in [5.74, 6) is 0. The number of nitrogens with zero attached hydrogens (tertiary/aromatic N) is 2. The van der Waals surface area contributed by atoms with E-state index in [1.165, 1.54) is 5.56 Å². The highest BCUT2D eigenvalue weighted by Gasteiger charge is 2.49. The SMILES string of the molecule is O=S(=O)(NC1CCC12CCN(Cc1cccnc1)CC2)c1ccccc1. The van der Waals surface area contributed by atoms with Crippen molar-refractivity contribution in [1.29, 1.82) is 0 Å². The molecule has 1 aromatic heterocycles. The van der Waals surface area contributed by atoms with Gasteiger partial charge in [-0.15, -0.1) is 0 Å². The molecular formula is C20H25N3O2S. The highest BCUT2D eigenvalue weighted by atomic mass is 32.2. The van der Waals surface area contributed by atoms with Gasteiger partial charge in [-0.3, -0.25) is 9.88 Å². The van der Waals surface area contributed by atoms with Gasteiger partial charge in [-0.05, 0) is 68.0 Å². The molecule has 1 aliphatic carbocycles. The number of rotatable bonds is 5. The van der Waals surface area contributed by atoms with E-state index in [2.05, 4.69) is 20.7 Å². The van der Waals surface area contributed by atoms with E-state index in [0.29, 0.717) is 4.90 Å². The van der Waals surface area contributed by atoms with Crippen LogP contribution in [-0.2, 0) is 16.6 Å².